The van der Waals surface area contributed by atoms with Crippen molar-refractivity contribution in [1.29, 1.82) is 0 Å². The third-order valence-corrected chi connectivity index (χ3v) is 4.10. The average Bonchev–Trinajstić information content (AvgIpc) is 2.26. The SMILES string of the molecule is C=C(C)CNc1ccccc1S(=O)(=O)N(C)C. The topological polar surface area (TPSA) is 49.4 Å². The molecule has 0 amide bonds. The summed E-state index contributed by atoms with van der Waals surface area (Å²) >= 11 is 0. The lowest BCUT2D eigenvalue weighted by molar-refractivity contribution is 0.521. The zero-order valence-electron chi connectivity index (χ0n) is 10.4. The molecular weight excluding hydrogens is 236 g/mol. The van der Waals surface area contributed by atoms with E-state index in [-0.39, 0.29) is 4.90 Å². The van der Waals surface area contributed by atoms with Gasteiger partial charge >= 0.3 is 0 Å². The van der Waals surface area contributed by atoms with Crippen molar-refractivity contribution < 1.29 is 8.42 Å². The summed E-state index contributed by atoms with van der Waals surface area (Å²) in [4.78, 5) is 0.284. The number of nitrogens with zero attached hydrogens (tertiary/aromatic N) is 1. The van der Waals surface area contributed by atoms with Gasteiger partial charge in [-0.2, -0.15) is 0 Å². The molecule has 5 heteroatoms. The van der Waals surface area contributed by atoms with E-state index in [9.17, 15) is 8.42 Å². The van der Waals surface area contributed by atoms with Crippen LogP contribution < -0.4 is 5.32 Å². The Balaban J connectivity index is 3.12. The minimum atomic E-state index is -3.41. The van der Waals surface area contributed by atoms with Crippen molar-refractivity contribution in [3.05, 3.63) is 36.4 Å². The molecule has 4 nitrogen and oxygen atoms in total. The molecule has 94 valence electrons. The summed E-state index contributed by atoms with van der Waals surface area (Å²) < 4.78 is 25.3. The van der Waals surface area contributed by atoms with E-state index in [2.05, 4.69) is 11.9 Å². The first-order valence-corrected chi connectivity index (χ1v) is 6.69. The summed E-state index contributed by atoms with van der Waals surface area (Å²) in [6.45, 7) is 6.22. The molecule has 0 saturated carbocycles. The Morgan fingerprint density at radius 2 is 1.94 bits per heavy atom. The van der Waals surface area contributed by atoms with Crippen LogP contribution in [0.2, 0.25) is 0 Å². The molecule has 0 aromatic heterocycles. The van der Waals surface area contributed by atoms with E-state index >= 15 is 0 Å². The first-order valence-electron chi connectivity index (χ1n) is 5.25. The molecule has 0 aliphatic carbocycles. The first kappa shape index (κ1) is 13.7. The van der Waals surface area contributed by atoms with Gasteiger partial charge in [0.2, 0.25) is 10.0 Å². The maximum Gasteiger partial charge on any atom is 0.244 e. The quantitative estimate of drug-likeness (QED) is 0.817. The Bertz CT molecular complexity index is 507. The number of nitrogens with one attached hydrogen (secondary N) is 1. The van der Waals surface area contributed by atoms with Gasteiger partial charge in [0.05, 0.1) is 5.69 Å². The standard InChI is InChI=1S/C12H18N2O2S/c1-10(2)9-13-11-7-5-6-8-12(11)17(15,16)14(3)4/h5-8,13H,1,9H2,2-4H3. The van der Waals surface area contributed by atoms with Crippen LogP contribution in [0, 0.1) is 0 Å². The normalized spacial score (nSPS) is 11.5. The van der Waals surface area contributed by atoms with Crippen molar-refractivity contribution >= 4 is 15.7 Å². The fourth-order valence-corrected chi connectivity index (χ4v) is 2.34. The Morgan fingerprint density at radius 3 is 2.47 bits per heavy atom. The molecule has 0 fully saturated rings. The number of hydrogen-bond donors (Lipinski definition) is 1. The monoisotopic (exact) mass is 254 g/mol. The lowest BCUT2D eigenvalue weighted by atomic mass is 10.3. The van der Waals surface area contributed by atoms with Gasteiger partial charge in [0.15, 0.2) is 0 Å². The molecule has 1 aromatic carbocycles. The van der Waals surface area contributed by atoms with E-state index in [0.717, 1.165) is 5.57 Å². The molecule has 0 aliphatic rings. The molecule has 0 spiro atoms. The van der Waals surface area contributed by atoms with Gasteiger partial charge in [-0.25, -0.2) is 12.7 Å². The molecule has 1 aromatic rings. The van der Waals surface area contributed by atoms with Crippen molar-refractivity contribution in [2.24, 2.45) is 0 Å². The third kappa shape index (κ3) is 3.31. The molecule has 0 bridgehead atoms. The van der Waals surface area contributed by atoms with Crippen LogP contribution >= 0.6 is 0 Å². The molecule has 0 unspecified atom stereocenters. The highest BCUT2D eigenvalue weighted by Gasteiger charge is 2.20. The lowest BCUT2D eigenvalue weighted by Crippen LogP contribution is -2.23. The van der Waals surface area contributed by atoms with Gasteiger partial charge in [-0.3, -0.25) is 0 Å². The molecule has 1 N–H and O–H groups in total. The van der Waals surface area contributed by atoms with Crippen LogP contribution in [0.4, 0.5) is 5.69 Å². The Morgan fingerprint density at radius 1 is 1.35 bits per heavy atom. The second-order valence-corrected chi connectivity index (χ2v) is 6.21. The van der Waals surface area contributed by atoms with Gasteiger partial charge in [-0.1, -0.05) is 24.3 Å². The largest absolute Gasteiger partial charge is 0.380 e. The minimum absolute atomic E-state index is 0.284. The second kappa shape index (κ2) is 5.33. The number of anilines is 1. The summed E-state index contributed by atoms with van der Waals surface area (Å²) in [6, 6.07) is 6.85. The van der Waals surface area contributed by atoms with E-state index in [0.29, 0.717) is 12.2 Å². The minimum Gasteiger partial charge on any atom is -0.380 e. The Kier molecular flexibility index (Phi) is 4.31. The van der Waals surface area contributed by atoms with Crippen LogP contribution in [0.3, 0.4) is 0 Å². The van der Waals surface area contributed by atoms with E-state index in [4.69, 9.17) is 0 Å². The van der Waals surface area contributed by atoms with Crippen molar-refractivity contribution in [3.8, 4) is 0 Å². The smallest absolute Gasteiger partial charge is 0.244 e. The Labute approximate surface area is 103 Å². The highest BCUT2D eigenvalue weighted by atomic mass is 32.2. The predicted molar refractivity (Wildman–Crippen MR) is 70.6 cm³/mol. The molecule has 0 atom stereocenters. The average molecular weight is 254 g/mol. The van der Waals surface area contributed by atoms with E-state index in [1.165, 1.54) is 18.4 Å². The first-order chi connectivity index (χ1) is 7.85. The highest BCUT2D eigenvalue weighted by molar-refractivity contribution is 7.89. The molecule has 1 rings (SSSR count). The van der Waals surface area contributed by atoms with Crippen LogP contribution in [0.5, 0.6) is 0 Å². The maximum absolute atomic E-state index is 12.1. The predicted octanol–water partition coefficient (Wildman–Crippen LogP) is 1.92. The van der Waals surface area contributed by atoms with Crippen LogP contribution in [0.1, 0.15) is 6.92 Å². The van der Waals surface area contributed by atoms with Crippen LogP contribution in [-0.2, 0) is 10.0 Å². The number of hydrogen-bond acceptors (Lipinski definition) is 3. The van der Waals surface area contributed by atoms with Gasteiger partial charge in [0.25, 0.3) is 0 Å². The van der Waals surface area contributed by atoms with Gasteiger partial charge < -0.3 is 5.32 Å². The molecule has 0 aliphatic heterocycles. The molecule has 17 heavy (non-hydrogen) atoms. The summed E-state index contributed by atoms with van der Waals surface area (Å²) in [5, 5.41) is 3.07. The molecule has 0 heterocycles. The fourth-order valence-electron chi connectivity index (χ4n) is 1.28. The van der Waals surface area contributed by atoms with Crippen molar-refractivity contribution in [3.63, 3.8) is 0 Å². The van der Waals surface area contributed by atoms with Gasteiger partial charge in [0, 0.05) is 20.6 Å². The summed E-state index contributed by atoms with van der Waals surface area (Å²) in [7, 11) is -0.377. The summed E-state index contributed by atoms with van der Waals surface area (Å²) in [5.41, 5.74) is 1.55. The number of para-hydroxylation sites is 1. The fraction of sp³-hybridized carbons (Fsp3) is 0.333. The van der Waals surface area contributed by atoms with Crippen molar-refractivity contribution in [2.75, 3.05) is 26.0 Å². The number of sulfonamides is 1. The third-order valence-electron chi connectivity index (χ3n) is 2.23. The number of benzene rings is 1. The van der Waals surface area contributed by atoms with Gasteiger partial charge in [-0.05, 0) is 19.1 Å². The molecule has 0 saturated heterocycles. The molecule has 0 radical (unpaired) electrons. The van der Waals surface area contributed by atoms with E-state index in [1.54, 1.807) is 24.3 Å². The van der Waals surface area contributed by atoms with E-state index in [1.807, 2.05) is 6.92 Å². The zero-order chi connectivity index (χ0) is 13.1. The van der Waals surface area contributed by atoms with Crippen LogP contribution in [-0.4, -0.2) is 33.4 Å². The van der Waals surface area contributed by atoms with Crippen molar-refractivity contribution in [1.82, 2.24) is 4.31 Å². The van der Waals surface area contributed by atoms with E-state index < -0.39 is 10.0 Å². The Hall–Kier alpha value is -1.33. The summed E-state index contributed by atoms with van der Waals surface area (Å²) in [5.74, 6) is 0. The second-order valence-electron chi connectivity index (χ2n) is 4.09. The zero-order valence-corrected chi connectivity index (χ0v) is 11.2. The maximum atomic E-state index is 12.1. The van der Waals surface area contributed by atoms with Crippen molar-refractivity contribution in [2.45, 2.75) is 11.8 Å². The number of rotatable bonds is 5. The molecular formula is C12H18N2O2S. The summed E-state index contributed by atoms with van der Waals surface area (Å²) in [6.07, 6.45) is 0. The van der Waals surface area contributed by atoms with Crippen LogP contribution in [0.25, 0.3) is 0 Å². The van der Waals surface area contributed by atoms with Gasteiger partial charge in [0.1, 0.15) is 4.90 Å². The lowest BCUT2D eigenvalue weighted by Gasteiger charge is -2.16. The highest BCUT2D eigenvalue weighted by Crippen LogP contribution is 2.23. The van der Waals surface area contributed by atoms with Crippen LogP contribution in [0.15, 0.2) is 41.3 Å². The van der Waals surface area contributed by atoms with Gasteiger partial charge in [-0.15, -0.1) is 0 Å².